The molecule has 0 atom stereocenters. The summed E-state index contributed by atoms with van der Waals surface area (Å²) in [4.78, 5) is 16.1. The zero-order valence-corrected chi connectivity index (χ0v) is 9.89. The molecule has 17 heavy (non-hydrogen) atoms. The van der Waals surface area contributed by atoms with Gasteiger partial charge in [0.25, 0.3) is 0 Å². The van der Waals surface area contributed by atoms with Gasteiger partial charge in [-0.25, -0.2) is 0 Å². The number of aromatic nitrogens is 1. The SMILES string of the molecule is CCc1ccccc1C(=O)Cc1ccncc1. The Morgan fingerprint density at radius 1 is 1.12 bits per heavy atom. The Morgan fingerprint density at radius 2 is 1.82 bits per heavy atom. The lowest BCUT2D eigenvalue weighted by Gasteiger charge is -2.06. The van der Waals surface area contributed by atoms with E-state index in [0.717, 1.165) is 23.1 Å². The van der Waals surface area contributed by atoms with Crippen molar-refractivity contribution in [3.63, 3.8) is 0 Å². The molecule has 2 aromatic rings. The zero-order valence-electron chi connectivity index (χ0n) is 9.89. The number of Topliss-reactive ketones (excluding diaryl/α,β-unsaturated/α-hetero) is 1. The highest BCUT2D eigenvalue weighted by Crippen LogP contribution is 2.13. The predicted octanol–water partition coefficient (Wildman–Crippen LogP) is 3.07. The molecule has 0 N–H and O–H groups in total. The molecule has 0 aliphatic heterocycles. The van der Waals surface area contributed by atoms with Crippen molar-refractivity contribution in [1.29, 1.82) is 0 Å². The lowest BCUT2D eigenvalue weighted by Crippen LogP contribution is -2.06. The number of benzene rings is 1. The highest BCUT2D eigenvalue weighted by atomic mass is 16.1. The number of carbonyl (C=O) groups excluding carboxylic acids is 1. The molecular formula is C15H15NO. The molecule has 1 aromatic heterocycles. The van der Waals surface area contributed by atoms with Gasteiger partial charge in [-0.3, -0.25) is 9.78 Å². The van der Waals surface area contributed by atoms with Crippen molar-refractivity contribution in [1.82, 2.24) is 4.98 Å². The Balaban J connectivity index is 2.20. The van der Waals surface area contributed by atoms with Gasteiger partial charge in [0, 0.05) is 24.4 Å². The first-order valence-electron chi connectivity index (χ1n) is 5.81. The summed E-state index contributed by atoms with van der Waals surface area (Å²) in [5.74, 6) is 0.175. The highest BCUT2D eigenvalue weighted by molar-refractivity contribution is 5.98. The largest absolute Gasteiger partial charge is 0.294 e. The Labute approximate surface area is 101 Å². The third kappa shape index (κ3) is 2.78. The molecule has 0 bridgehead atoms. The number of rotatable bonds is 4. The summed E-state index contributed by atoms with van der Waals surface area (Å²) in [5.41, 5.74) is 2.97. The molecule has 0 saturated carbocycles. The van der Waals surface area contributed by atoms with Gasteiger partial charge in [0.2, 0.25) is 0 Å². The molecule has 0 aliphatic rings. The summed E-state index contributed by atoms with van der Waals surface area (Å²) in [6.07, 6.45) is 4.76. The average Bonchev–Trinajstić information content (AvgIpc) is 2.40. The van der Waals surface area contributed by atoms with Crippen LogP contribution >= 0.6 is 0 Å². The Hall–Kier alpha value is -1.96. The van der Waals surface area contributed by atoms with Crippen LogP contribution in [0.1, 0.15) is 28.4 Å². The Kier molecular flexibility index (Phi) is 3.66. The van der Waals surface area contributed by atoms with Crippen LogP contribution in [0, 0.1) is 0 Å². The smallest absolute Gasteiger partial charge is 0.167 e. The van der Waals surface area contributed by atoms with Crippen LogP contribution in [0.15, 0.2) is 48.8 Å². The van der Waals surface area contributed by atoms with E-state index in [4.69, 9.17) is 0 Å². The predicted molar refractivity (Wildman–Crippen MR) is 68.1 cm³/mol. The van der Waals surface area contributed by atoms with Crippen LogP contribution in [0.2, 0.25) is 0 Å². The van der Waals surface area contributed by atoms with E-state index in [0.29, 0.717) is 6.42 Å². The minimum absolute atomic E-state index is 0.175. The number of carbonyl (C=O) groups is 1. The second-order valence-corrected chi connectivity index (χ2v) is 3.97. The molecule has 2 nitrogen and oxygen atoms in total. The van der Waals surface area contributed by atoms with Gasteiger partial charge in [0.15, 0.2) is 5.78 Å². The van der Waals surface area contributed by atoms with E-state index in [1.54, 1.807) is 12.4 Å². The van der Waals surface area contributed by atoms with Crippen LogP contribution in [0.5, 0.6) is 0 Å². The van der Waals surface area contributed by atoms with Crippen molar-refractivity contribution in [2.24, 2.45) is 0 Å². The Morgan fingerprint density at radius 3 is 2.53 bits per heavy atom. The van der Waals surface area contributed by atoms with Gasteiger partial charge in [0.1, 0.15) is 0 Å². The van der Waals surface area contributed by atoms with Gasteiger partial charge in [-0.15, -0.1) is 0 Å². The average molecular weight is 225 g/mol. The quantitative estimate of drug-likeness (QED) is 0.748. The lowest BCUT2D eigenvalue weighted by atomic mass is 9.98. The maximum absolute atomic E-state index is 12.2. The monoisotopic (exact) mass is 225 g/mol. The first-order valence-corrected chi connectivity index (χ1v) is 5.81. The molecule has 0 amide bonds. The van der Waals surface area contributed by atoms with E-state index in [2.05, 4.69) is 11.9 Å². The lowest BCUT2D eigenvalue weighted by molar-refractivity contribution is 0.0992. The number of hydrogen-bond acceptors (Lipinski definition) is 2. The first kappa shape index (κ1) is 11.5. The molecule has 1 aromatic carbocycles. The van der Waals surface area contributed by atoms with Crippen LogP contribution in [0.3, 0.4) is 0 Å². The van der Waals surface area contributed by atoms with Gasteiger partial charge in [-0.1, -0.05) is 31.2 Å². The van der Waals surface area contributed by atoms with Crippen LogP contribution in [-0.4, -0.2) is 10.8 Å². The number of hydrogen-bond donors (Lipinski definition) is 0. The summed E-state index contributed by atoms with van der Waals surface area (Å²) < 4.78 is 0. The second kappa shape index (κ2) is 5.39. The summed E-state index contributed by atoms with van der Waals surface area (Å²) in [5, 5.41) is 0. The fourth-order valence-electron chi connectivity index (χ4n) is 1.88. The van der Waals surface area contributed by atoms with Crippen LogP contribution < -0.4 is 0 Å². The highest BCUT2D eigenvalue weighted by Gasteiger charge is 2.10. The zero-order chi connectivity index (χ0) is 12.1. The van der Waals surface area contributed by atoms with Gasteiger partial charge in [-0.2, -0.15) is 0 Å². The summed E-state index contributed by atoms with van der Waals surface area (Å²) >= 11 is 0. The maximum Gasteiger partial charge on any atom is 0.167 e. The minimum Gasteiger partial charge on any atom is -0.294 e. The van der Waals surface area contributed by atoms with Gasteiger partial charge >= 0.3 is 0 Å². The van der Waals surface area contributed by atoms with Crippen molar-refractivity contribution in [3.05, 3.63) is 65.5 Å². The van der Waals surface area contributed by atoms with Crippen molar-refractivity contribution >= 4 is 5.78 Å². The minimum atomic E-state index is 0.175. The van der Waals surface area contributed by atoms with Crippen LogP contribution in [0.25, 0.3) is 0 Å². The summed E-state index contributed by atoms with van der Waals surface area (Å²) in [7, 11) is 0. The molecule has 0 fully saturated rings. The third-order valence-electron chi connectivity index (χ3n) is 2.81. The summed E-state index contributed by atoms with van der Waals surface area (Å²) in [6.45, 7) is 2.07. The molecule has 2 rings (SSSR count). The molecule has 0 spiro atoms. The summed E-state index contributed by atoms with van der Waals surface area (Å²) in [6, 6.07) is 11.6. The molecule has 0 aliphatic carbocycles. The number of ketones is 1. The van der Waals surface area contributed by atoms with Gasteiger partial charge in [0.05, 0.1) is 0 Å². The topological polar surface area (TPSA) is 30.0 Å². The molecule has 1 heterocycles. The third-order valence-corrected chi connectivity index (χ3v) is 2.81. The van der Waals surface area contributed by atoms with Crippen molar-refractivity contribution in [2.45, 2.75) is 19.8 Å². The molecule has 86 valence electrons. The van der Waals surface area contributed by atoms with Crippen molar-refractivity contribution in [3.8, 4) is 0 Å². The molecule has 0 saturated heterocycles. The van der Waals surface area contributed by atoms with E-state index < -0.39 is 0 Å². The molecule has 2 heteroatoms. The van der Waals surface area contributed by atoms with Gasteiger partial charge in [-0.05, 0) is 29.7 Å². The number of nitrogens with zero attached hydrogens (tertiary/aromatic N) is 1. The standard InChI is InChI=1S/C15H15NO/c1-2-13-5-3-4-6-14(13)15(17)11-12-7-9-16-10-8-12/h3-10H,2,11H2,1H3. The van der Waals surface area contributed by atoms with Crippen molar-refractivity contribution < 1.29 is 4.79 Å². The van der Waals surface area contributed by atoms with Crippen LogP contribution in [0.4, 0.5) is 0 Å². The Bertz CT molecular complexity index is 505. The molecule has 0 radical (unpaired) electrons. The fourth-order valence-corrected chi connectivity index (χ4v) is 1.88. The number of pyridine rings is 1. The van der Waals surface area contributed by atoms with Crippen LogP contribution in [-0.2, 0) is 12.8 Å². The number of aryl methyl sites for hydroxylation is 1. The normalized spacial score (nSPS) is 10.2. The van der Waals surface area contributed by atoms with E-state index >= 15 is 0 Å². The second-order valence-electron chi connectivity index (χ2n) is 3.97. The molecular weight excluding hydrogens is 210 g/mol. The van der Waals surface area contributed by atoms with E-state index in [-0.39, 0.29) is 5.78 Å². The molecule has 0 unspecified atom stereocenters. The van der Waals surface area contributed by atoms with Gasteiger partial charge < -0.3 is 0 Å². The fraction of sp³-hybridized carbons (Fsp3) is 0.200. The first-order chi connectivity index (χ1) is 8.31. The van der Waals surface area contributed by atoms with E-state index in [9.17, 15) is 4.79 Å². The van der Waals surface area contributed by atoms with Crippen molar-refractivity contribution in [2.75, 3.05) is 0 Å². The maximum atomic E-state index is 12.2. The van der Waals surface area contributed by atoms with E-state index in [1.165, 1.54) is 0 Å². The van der Waals surface area contributed by atoms with E-state index in [1.807, 2.05) is 36.4 Å².